The molecular formula is C21H21ClN2O6S. The molecule has 0 aliphatic rings. The highest BCUT2D eigenvalue weighted by atomic mass is 35.5. The predicted molar refractivity (Wildman–Crippen MR) is 118 cm³/mol. The Morgan fingerprint density at radius 3 is 2.52 bits per heavy atom. The third kappa shape index (κ3) is 5.25. The van der Waals surface area contributed by atoms with Crippen LogP contribution in [-0.4, -0.2) is 38.3 Å². The van der Waals surface area contributed by atoms with Gasteiger partial charge in [0.05, 0.1) is 15.6 Å². The summed E-state index contributed by atoms with van der Waals surface area (Å²) in [5.74, 6) is -0.199. The fourth-order valence-corrected chi connectivity index (χ4v) is 4.59. The van der Waals surface area contributed by atoms with Crippen molar-refractivity contribution in [1.29, 1.82) is 0 Å². The predicted octanol–water partition coefficient (Wildman–Crippen LogP) is 3.49. The van der Waals surface area contributed by atoms with Gasteiger partial charge in [-0.3, -0.25) is 4.79 Å². The lowest BCUT2D eigenvalue weighted by molar-refractivity contribution is -0.118. The number of rotatable bonds is 8. The number of fused-ring (bicyclic) bond motifs is 1. The Labute approximate surface area is 184 Å². The van der Waals surface area contributed by atoms with E-state index in [4.69, 9.17) is 20.8 Å². The van der Waals surface area contributed by atoms with E-state index >= 15 is 0 Å². The van der Waals surface area contributed by atoms with E-state index < -0.39 is 21.6 Å². The Morgan fingerprint density at radius 2 is 1.81 bits per heavy atom. The molecule has 0 fully saturated rings. The number of carbonyl (C=O) groups is 1. The summed E-state index contributed by atoms with van der Waals surface area (Å²) in [5, 5.41) is 3.47. The van der Waals surface area contributed by atoms with Crippen LogP contribution in [0.2, 0.25) is 5.02 Å². The number of anilines is 1. The van der Waals surface area contributed by atoms with Crippen molar-refractivity contribution in [2.75, 3.05) is 25.0 Å². The zero-order chi connectivity index (χ0) is 22.6. The normalized spacial score (nSPS) is 11.6. The van der Waals surface area contributed by atoms with Crippen LogP contribution in [0, 0.1) is 0 Å². The Morgan fingerprint density at radius 1 is 1.10 bits per heavy atom. The Hall–Kier alpha value is -2.88. The topological polar surface area (TPSA) is 106 Å². The average Bonchev–Trinajstić information content (AvgIpc) is 2.74. The van der Waals surface area contributed by atoms with E-state index in [9.17, 15) is 18.0 Å². The highest BCUT2D eigenvalue weighted by Crippen LogP contribution is 2.27. The minimum Gasteiger partial charge on any atom is -0.484 e. The maximum atomic E-state index is 12.7. The minimum atomic E-state index is -3.70. The van der Waals surface area contributed by atoms with Crippen molar-refractivity contribution in [3.8, 4) is 5.75 Å². The molecule has 1 heterocycles. The molecular weight excluding hydrogens is 444 g/mol. The van der Waals surface area contributed by atoms with Crippen molar-refractivity contribution in [3.63, 3.8) is 0 Å². The summed E-state index contributed by atoms with van der Waals surface area (Å²) >= 11 is 6.13. The molecule has 8 nitrogen and oxygen atoms in total. The molecule has 1 N–H and O–H groups in total. The van der Waals surface area contributed by atoms with Crippen molar-refractivity contribution in [2.24, 2.45) is 0 Å². The van der Waals surface area contributed by atoms with Crippen LogP contribution in [0.4, 0.5) is 5.69 Å². The monoisotopic (exact) mass is 464 g/mol. The van der Waals surface area contributed by atoms with E-state index in [2.05, 4.69) is 5.32 Å². The molecule has 0 saturated carbocycles. The van der Waals surface area contributed by atoms with Gasteiger partial charge in [-0.05, 0) is 36.4 Å². The highest BCUT2D eigenvalue weighted by Gasteiger charge is 2.22. The van der Waals surface area contributed by atoms with Gasteiger partial charge in [0.2, 0.25) is 10.0 Å². The Bertz CT molecular complexity index is 1270. The molecule has 0 atom stereocenters. The number of amides is 1. The van der Waals surface area contributed by atoms with Gasteiger partial charge in [0, 0.05) is 30.6 Å². The number of hydrogen-bond donors (Lipinski definition) is 1. The molecule has 3 rings (SSSR count). The van der Waals surface area contributed by atoms with E-state index in [1.165, 1.54) is 34.6 Å². The van der Waals surface area contributed by atoms with Crippen molar-refractivity contribution >= 4 is 44.2 Å². The number of nitrogens with zero attached hydrogens (tertiary/aromatic N) is 1. The van der Waals surface area contributed by atoms with Crippen LogP contribution in [0.1, 0.15) is 13.8 Å². The van der Waals surface area contributed by atoms with Crippen molar-refractivity contribution < 1.29 is 22.4 Å². The summed E-state index contributed by atoms with van der Waals surface area (Å²) in [7, 11) is -3.70. The van der Waals surface area contributed by atoms with Crippen molar-refractivity contribution in [1.82, 2.24) is 4.31 Å². The molecule has 0 unspecified atom stereocenters. The quantitative estimate of drug-likeness (QED) is 0.511. The standard InChI is InChI=1S/C21H21ClN2O6S/c1-3-24(4-2)31(27,28)16-8-9-17(22)18(12-16)23-20(25)13-29-15-7-5-14-6-10-21(26)30-19(14)11-15/h5-12H,3-4,13H2,1-2H3,(H,23,25). The lowest BCUT2D eigenvalue weighted by Gasteiger charge is -2.19. The summed E-state index contributed by atoms with van der Waals surface area (Å²) in [6, 6.07) is 11.9. The fraction of sp³-hybridized carbons (Fsp3) is 0.238. The first-order valence-corrected chi connectivity index (χ1v) is 11.3. The van der Waals surface area contributed by atoms with Crippen molar-refractivity contribution in [3.05, 3.63) is 64.0 Å². The lowest BCUT2D eigenvalue weighted by atomic mass is 10.2. The Kier molecular flexibility index (Phi) is 6.99. The number of benzene rings is 2. The van der Waals surface area contributed by atoms with E-state index in [-0.39, 0.29) is 22.2 Å². The number of hydrogen-bond acceptors (Lipinski definition) is 6. The first-order valence-electron chi connectivity index (χ1n) is 9.51. The number of nitrogens with one attached hydrogen (secondary N) is 1. The van der Waals surface area contributed by atoms with Gasteiger partial charge < -0.3 is 14.5 Å². The van der Waals surface area contributed by atoms with Crippen LogP contribution in [0.25, 0.3) is 11.0 Å². The summed E-state index contributed by atoms with van der Waals surface area (Å²) in [5.41, 5.74) is 0.00681. The molecule has 10 heteroatoms. The largest absolute Gasteiger partial charge is 0.484 e. The third-order valence-corrected chi connectivity index (χ3v) is 6.90. The number of halogens is 1. The molecule has 1 aromatic heterocycles. The number of ether oxygens (including phenoxy) is 1. The molecule has 2 aromatic carbocycles. The molecule has 0 aliphatic carbocycles. The SMILES string of the molecule is CCN(CC)S(=O)(=O)c1ccc(Cl)c(NC(=O)COc2ccc3ccc(=O)oc3c2)c1. The summed E-state index contributed by atoms with van der Waals surface area (Å²) in [6.45, 7) is 3.78. The maximum absolute atomic E-state index is 12.7. The third-order valence-electron chi connectivity index (χ3n) is 4.52. The zero-order valence-corrected chi connectivity index (χ0v) is 18.5. The van der Waals surface area contributed by atoms with Gasteiger partial charge in [-0.2, -0.15) is 4.31 Å². The van der Waals surface area contributed by atoms with Gasteiger partial charge in [0.15, 0.2) is 6.61 Å². The first-order chi connectivity index (χ1) is 14.7. The number of carbonyl (C=O) groups excluding carboxylic acids is 1. The van der Waals surface area contributed by atoms with Crippen LogP contribution in [0.5, 0.6) is 5.75 Å². The van der Waals surface area contributed by atoms with E-state index in [0.29, 0.717) is 24.4 Å². The molecule has 0 saturated heterocycles. The molecule has 0 aliphatic heterocycles. The van der Waals surface area contributed by atoms with E-state index in [0.717, 1.165) is 5.39 Å². The van der Waals surface area contributed by atoms with Gasteiger partial charge in [-0.25, -0.2) is 13.2 Å². The average molecular weight is 465 g/mol. The lowest BCUT2D eigenvalue weighted by Crippen LogP contribution is -2.30. The minimum absolute atomic E-state index is 0.0291. The second-order valence-electron chi connectivity index (χ2n) is 6.52. The fourth-order valence-electron chi connectivity index (χ4n) is 2.94. The zero-order valence-electron chi connectivity index (χ0n) is 16.9. The van der Waals surface area contributed by atoms with Gasteiger partial charge in [0.1, 0.15) is 11.3 Å². The van der Waals surface area contributed by atoms with Gasteiger partial charge in [-0.1, -0.05) is 25.4 Å². The Balaban J connectivity index is 1.72. The van der Waals surface area contributed by atoms with E-state index in [1.54, 1.807) is 32.0 Å². The van der Waals surface area contributed by atoms with Crippen LogP contribution in [-0.2, 0) is 14.8 Å². The van der Waals surface area contributed by atoms with Gasteiger partial charge >= 0.3 is 5.63 Å². The second kappa shape index (κ2) is 9.51. The smallest absolute Gasteiger partial charge is 0.336 e. The second-order valence-corrected chi connectivity index (χ2v) is 8.87. The van der Waals surface area contributed by atoms with Crippen LogP contribution >= 0.6 is 11.6 Å². The summed E-state index contributed by atoms with van der Waals surface area (Å²) in [4.78, 5) is 23.7. The molecule has 164 valence electrons. The summed E-state index contributed by atoms with van der Waals surface area (Å²) in [6.07, 6.45) is 0. The summed E-state index contributed by atoms with van der Waals surface area (Å²) < 4.78 is 37.3. The van der Waals surface area contributed by atoms with Gasteiger partial charge in [-0.15, -0.1) is 0 Å². The molecule has 0 bridgehead atoms. The van der Waals surface area contributed by atoms with E-state index in [1.807, 2.05) is 0 Å². The molecule has 0 radical (unpaired) electrons. The molecule has 1 amide bonds. The van der Waals surface area contributed by atoms with Gasteiger partial charge in [0.25, 0.3) is 5.91 Å². The highest BCUT2D eigenvalue weighted by molar-refractivity contribution is 7.89. The molecule has 0 spiro atoms. The van der Waals surface area contributed by atoms with Crippen LogP contribution in [0.15, 0.2) is 62.6 Å². The molecule has 31 heavy (non-hydrogen) atoms. The van der Waals surface area contributed by atoms with Crippen LogP contribution < -0.4 is 15.7 Å². The first kappa shape index (κ1) is 22.8. The number of sulfonamides is 1. The van der Waals surface area contributed by atoms with Crippen LogP contribution in [0.3, 0.4) is 0 Å². The van der Waals surface area contributed by atoms with Crippen molar-refractivity contribution in [2.45, 2.75) is 18.7 Å². The molecule has 3 aromatic rings. The maximum Gasteiger partial charge on any atom is 0.336 e.